The van der Waals surface area contributed by atoms with Crippen molar-refractivity contribution >= 4 is 40.1 Å². The zero-order valence-corrected chi connectivity index (χ0v) is 21.1. The van der Waals surface area contributed by atoms with Crippen LogP contribution in [0.25, 0.3) is 10.9 Å². The second-order valence-corrected chi connectivity index (χ2v) is 10.1. The van der Waals surface area contributed by atoms with Gasteiger partial charge in [-0.3, -0.25) is 4.99 Å². The van der Waals surface area contributed by atoms with Gasteiger partial charge in [0.25, 0.3) is 0 Å². The molecule has 0 spiro atoms. The molecule has 7 heteroatoms. The quantitative estimate of drug-likeness (QED) is 0.290. The van der Waals surface area contributed by atoms with Crippen LogP contribution in [0.1, 0.15) is 25.5 Å². The van der Waals surface area contributed by atoms with Crippen LogP contribution in [0.5, 0.6) is 0 Å². The highest BCUT2D eigenvalue weighted by Crippen LogP contribution is 2.26. The average Bonchev–Trinajstić information content (AvgIpc) is 3.49. The number of aromatic amines is 1. The minimum atomic E-state index is 0.531. The maximum atomic E-state index is 4.43. The van der Waals surface area contributed by atoms with E-state index < -0.39 is 0 Å². The van der Waals surface area contributed by atoms with Gasteiger partial charge < -0.3 is 25.2 Å². The highest BCUT2D eigenvalue weighted by atomic mass is 32.2. The van der Waals surface area contributed by atoms with Crippen LogP contribution in [0.15, 0.2) is 70.1 Å². The van der Waals surface area contributed by atoms with Crippen molar-refractivity contribution in [3.05, 3.63) is 65.9 Å². The van der Waals surface area contributed by atoms with Crippen LogP contribution in [0, 0.1) is 11.8 Å². The molecule has 180 valence electrons. The average molecular weight is 485 g/mol. The second kappa shape index (κ2) is 10.9. The first-order chi connectivity index (χ1) is 17.1. The molecule has 0 atom stereocenters. The SMILES string of the molecule is CC1=CC(NSc2ccc(NCC#Cc3cc4c(NC5CCN(C)CC5)cccc4[nH]3)cc2)=NC1. The molecule has 4 N–H and O–H groups in total. The number of aromatic nitrogens is 1. The number of hydrogen-bond donors (Lipinski definition) is 4. The maximum absolute atomic E-state index is 4.43. The summed E-state index contributed by atoms with van der Waals surface area (Å²) in [6.45, 7) is 5.77. The molecule has 0 radical (unpaired) electrons. The van der Waals surface area contributed by atoms with Crippen LogP contribution < -0.4 is 15.4 Å². The van der Waals surface area contributed by atoms with Gasteiger partial charge in [-0.15, -0.1) is 0 Å². The zero-order valence-electron chi connectivity index (χ0n) is 20.3. The molecule has 0 amide bonds. The third kappa shape index (κ3) is 6.21. The highest BCUT2D eigenvalue weighted by Gasteiger charge is 2.17. The summed E-state index contributed by atoms with van der Waals surface area (Å²) in [5.74, 6) is 7.45. The number of aliphatic imine (C=N–C) groups is 1. The number of amidine groups is 1. The van der Waals surface area contributed by atoms with Gasteiger partial charge in [0.2, 0.25) is 0 Å². The van der Waals surface area contributed by atoms with E-state index in [4.69, 9.17) is 0 Å². The molecule has 1 fully saturated rings. The maximum Gasteiger partial charge on any atom is 0.131 e. The summed E-state index contributed by atoms with van der Waals surface area (Å²) < 4.78 is 3.30. The molecule has 3 heterocycles. The number of hydrogen-bond acceptors (Lipinski definition) is 6. The molecule has 0 aliphatic carbocycles. The molecule has 0 saturated carbocycles. The largest absolute Gasteiger partial charge is 0.382 e. The Kier molecular flexibility index (Phi) is 7.31. The molecule has 6 nitrogen and oxygen atoms in total. The smallest absolute Gasteiger partial charge is 0.131 e. The van der Waals surface area contributed by atoms with E-state index in [0.717, 1.165) is 47.3 Å². The van der Waals surface area contributed by atoms with E-state index in [9.17, 15) is 0 Å². The lowest BCUT2D eigenvalue weighted by atomic mass is 10.0. The normalized spacial score (nSPS) is 16.4. The van der Waals surface area contributed by atoms with Crippen molar-refractivity contribution in [2.75, 3.05) is 43.9 Å². The van der Waals surface area contributed by atoms with E-state index in [0.29, 0.717) is 12.6 Å². The van der Waals surface area contributed by atoms with Crippen molar-refractivity contribution in [3.8, 4) is 11.8 Å². The zero-order chi connectivity index (χ0) is 24.0. The summed E-state index contributed by atoms with van der Waals surface area (Å²) in [5.41, 5.74) is 5.59. The topological polar surface area (TPSA) is 67.5 Å². The fourth-order valence-electron chi connectivity index (χ4n) is 4.36. The van der Waals surface area contributed by atoms with E-state index in [2.05, 4.69) is 111 Å². The van der Waals surface area contributed by atoms with Crippen LogP contribution in [-0.4, -0.2) is 55.0 Å². The van der Waals surface area contributed by atoms with Crippen LogP contribution in [-0.2, 0) is 0 Å². The van der Waals surface area contributed by atoms with Crippen molar-refractivity contribution in [2.45, 2.75) is 30.7 Å². The number of benzene rings is 2. The Morgan fingerprint density at radius 2 is 1.97 bits per heavy atom. The number of nitrogens with one attached hydrogen (secondary N) is 4. The summed E-state index contributed by atoms with van der Waals surface area (Å²) in [4.78, 5) is 11.4. The molecular weight excluding hydrogens is 452 g/mol. The summed E-state index contributed by atoms with van der Waals surface area (Å²) >= 11 is 1.58. The Morgan fingerprint density at radius 3 is 2.74 bits per heavy atom. The Morgan fingerprint density at radius 1 is 1.14 bits per heavy atom. The number of nitrogens with zero attached hydrogens (tertiary/aromatic N) is 2. The molecule has 0 unspecified atom stereocenters. The number of H-pyrrole nitrogens is 1. The summed E-state index contributed by atoms with van der Waals surface area (Å²) in [7, 11) is 2.20. The highest BCUT2D eigenvalue weighted by molar-refractivity contribution is 7.98. The van der Waals surface area contributed by atoms with Gasteiger partial charge in [-0.1, -0.05) is 12.0 Å². The monoisotopic (exact) mass is 484 g/mol. The van der Waals surface area contributed by atoms with Crippen molar-refractivity contribution in [3.63, 3.8) is 0 Å². The van der Waals surface area contributed by atoms with Gasteiger partial charge in [-0.05, 0) is 112 Å². The third-order valence-corrected chi connectivity index (χ3v) is 7.18. The Bertz CT molecular complexity index is 1290. The van der Waals surface area contributed by atoms with Gasteiger partial charge >= 0.3 is 0 Å². The fourth-order valence-corrected chi connectivity index (χ4v) is 4.97. The van der Waals surface area contributed by atoms with Crippen LogP contribution in [0.4, 0.5) is 11.4 Å². The predicted molar refractivity (Wildman–Crippen MR) is 149 cm³/mol. The molecule has 2 aromatic carbocycles. The number of piperidine rings is 1. The molecule has 5 rings (SSSR count). The van der Waals surface area contributed by atoms with E-state index in [1.165, 1.54) is 29.5 Å². The minimum Gasteiger partial charge on any atom is -0.382 e. The fraction of sp³-hybridized carbons (Fsp3) is 0.321. The minimum absolute atomic E-state index is 0.531. The Labute approximate surface area is 211 Å². The number of fused-ring (bicyclic) bond motifs is 1. The van der Waals surface area contributed by atoms with E-state index in [1.807, 2.05) is 0 Å². The van der Waals surface area contributed by atoms with Gasteiger partial charge in [-0.2, -0.15) is 0 Å². The number of rotatable bonds is 6. The Balaban J connectivity index is 1.14. The summed E-state index contributed by atoms with van der Waals surface area (Å²) in [6.07, 6.45) is 4.44. The van der Waals surface area contributed by atoms with Crippen molar-refractivity contribution in [1.29, 1.82) is 0 Å². The first-order valence-corrected chi connectivity index (χ1v) is 13.0. The number of likely N-dealkylation sites (tertiary alicyclic amines) is 1. The predicted octanol–water partition coefficient (Wildman–Crippen LogP) is 5.09. The van der Waals surface area contributed by atoms with Crippen molar-refractivity contribution < 1.29 is 0 Å². The van der Waals surface area contributed by atoms with Crippen LogP contribution in [0.2, 0.25) is 0 Å². The lowest BCUT2D eigenvalue weighted by Gasteiger charge is -2.30. The van der Waals surface area contributed by atoms with E-state index in [-0.39, 0.29) is 0 Å². The van der Waals surface area contributed by atoms with Gasteiger partial charge in [0, 0.05) is 33.2 Å². The lowest BCUT2D eigenvalue weighted by molar-refractivity contribution is 0.264. The molecule has 2 aliphatic heterocycles. The van der Waals surface area contributed by atoms with E-state index in [1.54, 1.807) is 11.9 Å². The first kappa shape index (κ1) is 23.4. The second-order valence-electron chi connectivity index (χ2n) is 9.25. The van der Waals surface area contributed by atoms with E-state index >= 15 is 0 Å². The lowest BCUT2D eigenvalue weighted by Crippen LogP contribution is -2.36. The molecule has 35 heavy (non-hydrogen) atoms. The van der Waals surface area contributed by atoms with Gasteiger partial charge in [0.05, 0.1) is 18.8 Å². The van der Waals surface area contributed by atoms with Crippen molar-refractivity contribution in [2.24, 2.45) is 4.99 Å². The third-order valence-electron chi connectivity index (χ3n) is 6.36. The molecular formula is C28H32N6S. The molecule has 3 aromatic rings. The molecule has 1 saturated heterocycles. The molecule has 2 aliphatic rings. The summed E-state index contributed by atoms with van der Waals surface area (Å²) in [5, 5.41) is 8.34. The first-order valence-electron chi connectivity index (χ1n) is 12.2. The van der Waals surface area contributed by atoms with Crippen LogP contribution >= 0.6 is 11.9 Å². The van der Waals surface area contributed by atoms with Gasteiger partial charge in [-0.25, -0.2) is 0 Å². The van der Waals surface area contributed by atoms with Crippen molar-refractivity contribution in [1.82, 2.24) is 14.6 Å². The van der Waals surface area contributed by atoms with Gasteiger partial charge in [0.1, 0.15) is 5.84 Å². The standard InChI is InChI=1S/C28H32N6S/c1-20-17-28(30-19-20)33-35-24-10-8-21(9-11-24)29-14-4-5-23-18-25-26(6-3-7-27(25)32-23)31-22-12-15-34(2)16-13-22/h3,6-11,17-18,22,29,31-32H,12-16,19H2,1-2H3,(H,30,33). The Hall–Kier alpha value is -3.34. The van der Waals surface area contributed by atoms with Crippen LogP contribution in [0.3, 0.4) is 0 Å². The molecule has 1 aromatic heterocycles. The van der Waals surface area contributed by atoms with Gasteiger partial charge in [0.15, 0.2) is 0 Å². The summed E-state index contributed by atoms with van der Waals surface area (Å²) in [6, 6.07) is 17.4. The number of anilines is 2. The molecule has 0 bridgehead atoms.